The fourth-order valence-electron chi connectivity index (χ4n) is 15.1. The molecular weight excluding hydrogens is 1690 g/mol. The van der Waals surface area contributed by atoms with Crippen molar-refractivity contribution >= 4 is 68.4 Å². The van der Waals surface area contributed by atoms with Crippen LogP contribution in [0.5, 0.6) is 0 Å². The van der Waals surface area contributed by atoms with Gasteiger partial charge in [0.05, 0.1) is 97.4 Å². The molecule has 0 radical (unpaired) electrons. The SMILES string of the molecule is Cc1ccc(NC(=O)c2cc(-c3cccn4c(-c5c(F)cccc5F)ncc34)cnc2C)cc1.Cc1ccc(NC(=O)c2cc(-c3cccn4c(-c5cc(F)cc(F)c5)ncc34)cnc2C)cc1.Cc1ccc(NC(=O)c2cc(-c3cccn4c(-c5cc(F)ccn5)ncc34)cnc2C)cc1.Cc1ccc(NC(=O)c2cc(-c3cccn4c(-c5ncccn5)ncc34)cnc2C)cc1. The van der Waals surface area contributed by atoms with Crippen molar-refractivity contribution in [3.63, 3.8) is 0 Å². The van der Waals surface area contributed by atoms with Crippen LogP contribution in [0.25, 0.3) is 113 Å². The maximum absolute atomic E-state index is 14.4. The third kappa shape index (κ3) is 19.2. The number of amides is 4. The molecule has 0 bridgehead atoms. The predicted octanol–water partition coefficient (Wildman–Crippen LogP) is 22.6. The molecule has 4 N–H and O–H groups in total. The minimum absolute atomic E-state index is 0.157. The largest absolute Gasteiger partial charge is 0.322 e. The molecule has 20 rings (SSSR count). The van der Waals surface area contributed by atoms with Crippen molar-refractivity contribution in [2.24, 2.45) is 0 Å². The average Bonchev–Trinajstić information content (AvgIpc) is 1.64. The fraction of sp³-hybridized carbons (Fsp3) is 0.0762. The Morgan fingerprint density at radius 3 is 0.932 bits per heavy atom. The summed E-state index contributed by atoms with van der Waals surface area (Å²) in [7, 11) is 0. The molecule has 14 heterocycles. The lowest BCUT2D eigenvalue weighted by Crippen LogP contribution is -2.14. The van der Waals surface area contributed by atoms with Gasteiger partial charge >= 0.3 is 0 Å². The highest BCUT2D eigenvalue weighted by Crippen LogP contribution is 2.37. The van der Waals surface area contributed by atoms with E-state index in [1.807, 2.05) is 207 Å². The van der Waals surface area contributed by atoms with Gasteiger partial charge in [-0.25, -0.2) is 51.9 Å². The molecule has 0 aliphatic heterocycles. The Bertz CT molecular complexity index is 7800. The Hall–Kier alpha value is -17.6. The Morgan fingerprint density at radius 1 is 0.263 bits per heavy atom. The first-order valence-electron chi connectivity index (χ1n) is 42.0. The fourth-order valence-corrected chi connectivity index (χ4v) is 15.1. The van der Waals surface area contributed by atoms with Crippen LogP contribution in [0.1, 0.15) is 86.5 Å². The summed E-state index contributed by atoms with van der Waals surface area (Å²) in [6, 6.07) is 64.2. The van der Waals surface area contributed by atoms with Crippen molar-refractivity contribution in [1.82, 2.24) is 72.4 Å². The second-order valence-corrected chi connectivity index (χ2v) is 31.4. The van der Waals surface area contributed by atoms with Gasteiger partial charge in [-0.05, 0) is 189 Å². The molecule has 0 saturated carbocycles. The van der Waals surface area contributed by atoms with Crippen LogP contribution < -0.4 is 21.3 Å². The van der Waals surface area contributed by atoms with Gasteiger partial charge in [-0.3, -0.25) is 61.7 Å². The van der Waals surface area contributed by atoms with Gasteiger partial charge < -0.3 is 21.3 Å². The van der Waals surface area contributed by atoms with Gasteiger partial charge in [0.2, 0.25) is 0 Å². The molecule has 23 nitrogen and oxygen atoms in total. The highest BCUT2D eigenvalue weighted by Gasteiger charge is 2.24. The lowest BCUT2D eigenvalue weighted by atomic mass is 10.0. The van der Waals surface area contributed by atoms with E-state index in [0.29, 0.717) is 102 Å². The van der Waals surface area contributed by atoms with Gasteiger partial charge in [0, 0.05) is 153 Å². The molecule has 0 saturated heterocycles. The first kappa shape index (κ1) is 87.5. The molecular formula is C105H80F5N19O4. The normalized spacial score (nSPS) is 11.0. The van der Waals surface area contributed by atoms with Crippen molar-refractivity contribution in [2.45, 2.75) is 55.4 Å². The molecule has 0 aliphatic rings. The zero-order chi connectivity index (χ0) is 92.7. The summed E-state index contributed by atoms with van der Waals surface area (Å²) in [6.45, 7) is 15.2. The highest BCUT2D eigenvalue weighted by molar-refractivity contribution is 6.09. The molecule has 28 heteroatoms. The van der Waals surface area contributed by atoms with Crippen LogP contribution in [-0.2, 0) is 0 Å². The maximum atomic E-state index is 14.4. The number of anilines is 4. The summed E-state index contributed by atoms with van der Waals surface area (Å²) < 4.78 is 77.3. The Morgan fingerprint density at radius 2 is 0.579 bits per heavy atom. The van der Waals surface area contributed by atoms with Crippen LogP contribution >= 0.6 is 0 Å². The van der Waals surface area contributed by atoms with Crippen molar-refractivity contribution in [3.8, 4) is 90.5 Å². The Labute approximate surface area is 758 Å². The number of nitrogens with zero attached hydrogens (tertiary/aromatic N) is 15. The van der Waals surface area contributed by atoms with E-state index in [-0.39, 0.29) is 40.8 Å². The number of hydrogen-bond acceptors (Lipinski definition) is 15. The quantitative estimate of drug-likeness (QED) is 0.0655. The lowest BCUT2D eigenvalue weighted by Gasteiger charge is -2.11. The molecule has 0 aliphatic carbocycles. The standard InChI is InChI=1S/2C27H20F2N4O.C26H20FN5O.C25H20N6O/c1-16-8-10-19(11-9-16)32-27(34)21-13-18(14-30-17(21)2)20-5-4-12-33-24(20)15-31-26(33)25-22(28)6-3-7-23(25)29;1-16-5-7-22(8-6-16)32-27(34)24-12-19(14-30-17(24)2)23-4-3-9-33-25(23)15-31-26(33)18-10-20(28)13-21(29)11-18;1-16-5-7-20(8-6-16)31-26(33)22-12-18(14-29-17(22)2)21-4-3-11-32-24(21)15-30-25(32)23-13-19(27)9-10-28-23;1-16-6-8-19(9-7-16)30-25(32)21-13-18(14-28-17(21)2)20-5-3-12-31-22(20)15-29-24(31)23-26-10-4-11-27-23/h2*3-15H,1-2H3,(H,32,34);3-15H,1-2H3,(H,31,33);3-15H,1-2H3,(H,30,32). The van der Waals surface area contributed by atoms with Gasteiger partial charge in [0.1, 0.15) is 46.4 Å². The van der Waals surface area contributed by atoms with E-state index in [1.165, 1.54) is 48.7 Å². The van der Waals surface area contributed by atoms with Gasteiger partial charge in [-0.2, -0.15) is 0 Å². The zero-order valence-corrected chi connectivity index (χ0v) is 72.8. The number of hydrogen-bond donors (Lipinski definition) is 4. The Kier molecular flexibility index (Phi) is 25.1. The van der Waals surface area contributed by atoms with Gasteiger partial charge in [-0.15, -0.1) is 0 Å². The van der Waals surface area contributed by atoms with Crippen LogP contribution in [-0.4, -0.2) is 96.1 Å². The summed E-state index contributed by atoms with van der Waals surface area (Å²) >= 11 is 0. The molecule has 20 aromatic rings. The number of benzene rings is 6. The molecule has 14 aromatic heterocycles. The zero-order valence-electron chi connectivity index (χ0n) is 72.8. The van der Waals surface area contributed by atoms with E-state index in [9.17, 15) is 41.1 Å². The lowest BCUT2D eigenvalue weighted by molar-refractivity contribution is 0.101. The van der Waals surface area contributed by atoms with Crippen molar-refractivity contribution < 1.29 is 41.1 Å². The number of aryl methyl sites for hydroxylation is 8. The van der Waals surface area contributed by atoms with E-state index in [1.54, 1.807) is 128 Å². The first-order chi connectivity index (χ1) is 64.4. The molecule has 133 heavy (non-hydrogen) atoms. The van der Waals surface area contributed by atoms with Crippen molar-refractivity contribution in [3.05, 3.63) is 414 Å². The van der Waals surface area contributed by atoms with Gasteiger partial charge in [0.25, 0.3) is 23.6 Å². The van der Waals surface area contributed by atoms with Crippen LogP contribution in [0.4, 0.5) is 44.7 Å². The van der Waals surface area contributed by atoms with E-state index in [0.717, 1.165) is 95.2 Å². The summed E-state index contributed by atoms with van der Waals surface area (Å²) in [6.07, 6.45) is 25.6. The van der Waals surface area contributed by atoms with Gasteiger partial charge in [-0.1, -0.05) is 101 Å². The second-order valence-electron chi connectivity index (χ2n) is 31.4. The Balaban J connectivity index is 0.000000124. The van der Waals surface area contributed by atoms with Crippen LogP contribution in [0.3, 0.4) is 0 Å². The molecule has 0 atom stereocenters. The summed E-state index contributed by atoms with van der Waals surface area (Å²) in [5.41, 5.74) is 21.6. The number of halogens is 5. The van der Waals surface area contributed by atoms with E-state index in [2.05, 4.69) is 76.1 Å². The maximum Gasteiger partial charge on any atom is 0.257 e. The van der Waals surface area contributed by atoms with Crippen molar-refractivity contribution in [1.29, 1.82) is 0 Å². The molecule has 654 valence electrons. The number of aromatic nitrogens is 15. The predicted molar refractivity (Wildman–Crippen MR) is 504 cm³/mol. The van der Waals surface area contributed by atoms with E-state index in [4.69, 9.17) is 0 Å². The molecule has 0 unspecified atom stereocenters. The molecule has 4 amide bonds. The monoisotopic (exact) mass is 1770 g/mol. The number of imidazole rings is 4. The molecule has 6 aromatic carbocycles. The number of nitrogens with one attached hydrogen (secondary N) is 4. The van der Waals surface area contributed by atoms with Crippen molar-refractivity contribution in [2.75, 3.05) is 21.3 Å². The summed E-state index contributed by atoms with van der Waals surface area (Å²) in [4.78, 5) is 100. The first-order valence-corrected chi connectivity index (χ1v) is 42.0. The number of carbonyl (C=O) groups excluding carboxylic acids is 4. The summed E-state index contributed by atoms with van der Waals surface area (Å²) in [5, 5.41) is 11.7. The minimum Gasteiger partial charge on any atom is -0.322 e. The van der Waals surface area contributed by atoms with E-state index >= 15 is 0 Å². The average molecular weight is 1770 g/mol. The van der Waals surface area contributed by atoms with Crippen LogP contribution in [0.2, 0.25) is 0 Å². The van der Waals surface area contributed by atoms with Crippen LogP contribution in [0.15, 0.2) is 317 Å². The number of fused-ring (bicyclic) bond motifs is 4. The highest BCUT2D eigenvalue weighted by atomic mass is 19.1. The minimum atomic E-state index is -0.690. The van der Waals surface area contributed by atoms with Crippen LogP contribution in [0, 0.1) is 84.5 Å². The summed E-state index contributed by atoms with van der Waals surface area (Å²) in [5.74, 6) is -1.75. The molecule has 0 fully saturated rings. The third-order valence-corrected chi connectivity index (χ3v) is 22.1. The molecule has 0 spiro atoms. The second kappa shape index (κ2) is 38.2. The number of rotatable bonds is 16. The van der Waals surface area contributed by atoms with E-state index < -0.39 is 23.3 Å². The number of carbonyl (C=O) groups is 4. The topological polar surface area (TPSA) is 276 Å². The number of pyridine rings is 9. The van der Waals surface area contributed by atoms with Gasteiger partial charge in [0.15, 0.2) is 17.5 Å². The third-order valence-electron chi connectivity index (χ3n) is 22.1. The smallest absolute Gasteiger partial charge is 0.257 e.